The highest BCUT2D eigenvalue weighted by atomic mass is 35.5. The number of carboxylic acids is 1. The van der Waals surface area contributed by atoms with E-state index in [-0.39, 0.29) is 33.6 Å². The van der Waals surface area contributed by atoms with Gasteiger partial charge < -0.3 is 9.84 Å². The fourth-order valence-corrected chi connectivity index (χ4v) is 3.58. The predicted octanol–water partition coefficient (Wildman–Crippen LogP) is 4.30. The van der Waals surface area contributed by atoms with Gasteiger partial charge in [0.1, 0.15) is 10.1 Å². The molecule has 2 rings (SSSR count). The number of nitrogens with zero attached hydrogens (tertiary/aromatic N) is 1. The van der Waals surface area contributed by atoms with Crippen LogP contribution in [-0.2, 0) is 9.59 Å². The molecule has 1 amide bonds. The summed E-state index contributed by atoms with van der Waals surface area (Å²) in [5, 5.41) is 8.38. The van der Waals surface area contributed by atoms with Crippen molar-refractivity contribution in [2.75, 3.05) is 6.54 Å². The molecule has 0 unspecified atom stereocenters. The zero-order valence-electron chi connectivity index (χ0n) is 12.9. The molecule has 1 fully saturated rings. The van der Waals surface area contributed by atoms with Crippen molar-refractivity contribution in [3.63, 3.8) is 0 Å². The highest BCUT2D eigenvalue weighted by Crippen LogP contribution is 2.35. The van der Waals surface area contributed by atoms with Crippen LogP contribution >= 0.6 is 35.6 Å². The second-order valence-corrected chi connectivity index (χ2v) is 7.15. The number of halogens is 4. The quantitative estimate of drug-likeness (QED) is 0.541. The molecule has 1 N–H and O–H groups in total. The third kappa shape index (κ3) is 5.61. The van der Waals surface area contributed by atoms with E-state index in [9.17, 15) is 22.8 Å². The molecule has 0 aromatic heterocycles. The number of hydrogen-bond donors (Lipinski definition) is 1. The summed E-state index contributed by atoms with van der Waals surface area (Å²) in [6.45, 7) is 0.174. The minimum Gasteiger partial charge on any atom is -0.481 e. The summed E-state index contributed by atoms with van der Waals surface area (Å²) in [5.41, 5.74) is 0.399. The van der Waals surface area contributed by atoms with Crippen molar-refractivity contribution in [3.8, 4) is 5.75 Å². The second-order valence-electron chi connectivity index (χ2n) is 5.07. The van der Waals surface area contributed by atoms with Gasteiger partial charge in [0.05, 0.1) is 9.93 Å². The van der Waals surface area contributed by atoms with Crippen LogP contribution in [0.15, 0.2) is 23.1 Å². The molecule has 0 aliphatic carbocycles. The Hall–Kier alpha value is -1.78. The molecule has 1 aliphatic rings. The molecule has 0 atom stereocenters. The van der Waals surface area contributed by atoms with Crippen LogP contribution in [0.3, 0.4) is 0 Å². The highest BCUT2D eigenvalue weighted by molar-refractivity contribution is 8.26. The van der Waals surface area contributed by atoms with Crippen molar-refractivity contribution in [3.05, 3.63) is 33.7 Å². The summed E-state index contributed by atoms with van der Waals surface area (Å²) >= 11 is 11.9. The lowest BCUT2D eigenvalue weighted by molar-refractivity contribution is -0.274. The molecule has 0 spiro atoms. The van der Waals surface area contributed by atoms with Crippen LogP contribution in [-0.4, -0.2) is 39.1 Å². The fourth-order valence-electron chi connectivity index (χ4n) is 2.05. The molecular weight excluding hydrogens is 415 g/mol. The lowest BCUT2D eigenvalue weighted by Crippen LogP contribution is -2.29. The molecule has 1 saturated heterocycles. The Bertz CT molecular complexity index is 783. The third-order valence-corrected chi connectivity index (χ3v) is 4.80. The van der Waals surface area contributed by atoms with Gasteiger partial charge >= 0.3 is 12.3 Å². The van der Waals surface area contributed by atoms with Crippen molar-refractivity contribution in [2.24, 2.45) is 0 Å². The molecule has 0 radical (unpaired) electrons. The van der Waals surface area contributed by atoms with Gasteiger partial charge in [0.15, 0.2) is 0 Å². The van der Waals surface area contributed by atoms with E-state index in [0.717, 1.165) is 17.8 Å². The van der Waals surface area contributed by atoms with E-state index in [1.807, 2.05) is 0 Å². The molecular formula is C15H11ClF3NO4S2. The van der Waals surface area contributed by atoms with Gasteiger partial charge in [-0.05, 0) is 30.2 Å². The van der Waals surface area contributed by atoms with Gasteiger partial charge in [0, 0.05) is 13.0 Å². The molecule has 0 bridgehead atoms. The minimum atomic E-state index is -4.86. The maximum absolute atomic E-state index is 12.3. The fraction of sp³-hybridized carbons (Fsp3) is 0.267. The lowest BCUT2D eigenvalue weighted by atomic mass is 10.2. The van der Waals surface area contributed by atoms with Gasteiger partial charge in [0.25, 0.3) is 5.91 Å². The smallest absolute Gasteiger partial charge is 0.481 e. The number of aliphatic carboxylic acids is 1. The molecule has 1 heterocycles. The molecule has 1 aromatic rings. The topological polar surface area (TPSA) is 66.8 Å². The van der Waals surface area contributed by atoms with Crippen molar-refractivity contribution in [2.45, 2.75) is 19.2 Å². The van der Waals surface area contributed by atoms with E-state index in [1.54, 1.807) is 0 Å². The minimum absolute atomic E-state index is 0.0909. The number of carbonyl (C=O) groups is 2. The lowest BCUT2D eigenvalue weighted by Gasteiger charge is -2.13. The first kappa shape index (κ1) is 20.5. The molecule has 26 heavy (non-hydrogen) atoms. The van der Waals surface area contributed by atoms with Gasteiger partial charge in [-0.25, -0.2) is 0 Å². The van der Waals surface area contributed by atoms with Gasteiger partial charge in [-0.2, -0.15) is 0 Å². The van der Waals surface area contributed by atoms with E-state index in [1.165, 1.54) is 23.1 Å². The largest absolute Gasteiger partial charge is 0.573 e. The number of thiocarbonyl (C=S) groups is 1. The second kappa shape index (κ2) is 8.28. The Labute approximate surface area is 160 Å². The monoisotopic (exact) mass is 425 g/mol. The number of amides is 1. The zero-order valence-corrected chi connectivity index (χ0v) is 15.3. The van der Waals surface area contributed by atoms with Crippen molar-refractivity contribution in [1.29, 1.82) is 0 Å². The summed E-state index contributed by atoms with van der Waals surface area (Å²) in [7, 11) is 0. The SMILES string of the molecule is O=C(O)CCCN1C(=O)C(=Cc2ccc(OC(F)(F)F)c(Cl)c2)SC1=S. The standard InChI is InChI=1S/C15H11ClF3NO4S2/c16-9-6-8(3-4-10(9)24-15(17,18)19)7-11-13(23)20(14(25)26-11)5-1-2-12(21)22/h3-4,6-7H,1-2,5H2,(H,21,22). The number of hydrogen-bond acceptors (Lipinski definition) is 5. The summed E-state index contributed by atoms with van der Waals surface area (Å²) in [6, 6.07) is 3.61. The molecule has 5 nitrogen and oxygen atoms in total. The summed E-state index contributed by atoms with van der Waals surface area (Å²) in [4.78, 5) is 24.4. The molecule has 0 saturated carbocycles. The first-order valence-corrected chi connectivity index (χ1v) is 8.69. The maximum Gasteiger partial charge on any atom is 0.573 e. The van der Waals surface area contributed by atoms with Gasteiger partial charge in [-0.3, -0.25) is 14.5 Å². The number of ether oxygens (including phenoxy) is 1. The van der Waals surface area contributed by atoms with Gasteiger partial charge in [-0.1, -0.05) is 41.6 Å². The van der Waals surface area contributed by atoms with Gasteiger partial charge in [-0.15, -0.1) is 13.2 Å². The summed E-state index contributed by atoms with van der Waals surface area (Å²) in [6.07, 6.45) is -3.25. The van der Waals surface area contributed by atoms with Gasteiger partial charge in [0.2, 0.25) is 0 Å². The number of rotatable bonds is 6. The van der Waals surface area contributed by atoms with E-state index < -0.39 is 24.0 Å². The van der Waals surface area contributed by atoms with Crippen LogP contribution in [0.4, 0.5) is 13.2 Å². The molecule has 140 valence electrons. The van der Waals surface area contributed by atoms with Crippen LogP contribution in [0.5, 0.6) is 5.75 Å². The summed E-state index contributed by atoms with van der Waals surface area (Å²) < 4.78 is 40.8. The number of carbonyl (C=O) groups excluding carboxylic acids is 1. The Kier molecular flexibility index (Phi) is 6.53. The average Bonchev–Trinajstić information content (AvgIpc) is 2.76. The van der Waals surface area contributed by atoms with Crippen LogP contribution < -0.4 is 4.74 Å². The van der Waals surface area contributed by atoms with Crippen molar-refractivity contribution in [1.82, 2.24) is 4.90 Å². The van der Waals surface area contributed by atoms with Crippen LogP contribution in [0.2, 0.25) is 5.02 Å². The first-order chi connectivity index (χ1) is 12.1. The highest BCUT2D eigenvalue weighted by Gasteiger charge is 2.33. The number of carboxylic acid groups (broad SMARTS) is 1. The number of alkyl halides is 3. The predicted molar refractivity (Wildman–Crippen MR) is 94.9 cm³/mol. The average molecular weight is 426 g/mol. The zero-order chi connectivity index (χ0) is 19.5. The summed E-state index contributed by atoms with van der Waals surface area (Å²) in [5.74, 6) is -1.91. The molecule has 1 aromatic carbocycles. The first-order valence-electron chi connectivity index (χ1n) is 7.09. The van der Waals surface area contributed by atoms with Crippen molar-refractivity contribution < 1.29 is 32.6 Å². The van der Waals surface area contributed by atoms with Crippen LogP contribution in [0.25, 0.3) is 6.08 Å². The van der Waals surface area contributed by atoms with E-state index in [0.29, 0.717) is 5.56 Å². The third-order valence-electron chi connectivity index (χ3n) is 3.13. The Morgan fingerprint density at radius 1 is 1.42 bits per heavy atom. The molecule has 1 aliphatic heterocycles. The Morgan fingerprint density at radius 2 is 2.12 bits per heavy atom. The maximum atomic E-state index is 12.3. The van der Waals surface area contributed by atoms with E-state index >= 15 is 0 Å². The Morgan fingerprint density at radius 3 is 2.69 bits per heavy atom. The number of benzene rings is 1. The van der Waals surface area contributed by atoms with Crippen molar-refractivity contribution >= 4 is 57.9 Å². The normalized spacial score (nSPS) is 16.5. The van der Waals surface area contributed by atoms with Crippen LogP contribution in [0.1, 0.15) is 18.4 Å². The van der Waals surface area contributed by atoms with Crippen LogP contribution in [0, 0.1) is 0 Å². The van der Waals surface area contributed by atoms with E-state index in [4.69, 9.17) is 28.9 Å². The van der Waals surface area contributed by atoms with E-state index in [2.05, 4.69) is 4.74 Å². The molecule has 11 heteroatoms. The number of thioether (sulfide) groups is 1. The Balaban J connectivity index is 2.12.